The number of nitrogens with zero attached hydrogens (tertiary/aromatic N) is 2. The van der Waals surface area contributed by atoms with Crippen molar-refractivity contribution in [2.75, 3.05) is 7.11 Å². The molecule has 0 amide bonds. The maximum Gasteiger partial charge on any atom is 0.186 e. The minimum absolute atomic E-state index is 0.276. The number of nitriles is 1. The zero-order valence-electron chi connectivity index (χ0n) is 13.3. The zero-order chi connectivity index (χ0) is 17.8. The van der Waals surface area contributed by atoms with E-state index in [0.29, 0.717) is 21.3 Å². The summed E-state index contributed by atoms with van der Waals surface area (Å²) in [5, 5.41) is 12.4. The minimum Gasteiger partial charge on any atom is -0.497 e. The monoisotopic (exact) mass is 368 g/mol. The van der Waals surface area contributed by atoms with Crippen molar-refractivity contribution in [3.05, 3.63) is 69.5 Å². The molecule has 3 aromatic rings. The average Bonchev–Trinajstić information content (AvgIpc) is 3.12. The largest absolute Gasteiger partial charge is 0.497 e. The topological polar surface area (TPSA) is 63.0 Å². The molecular formula is C19H13ClN2O2S. The van der Waals surface area contributed by atoms with Crippen LogP contribution in [0.1, 0.15) is 21.3 Å². The molecule has 1 atom stereocenters. The van der Waals surface area contributed by atoms with Crippen molar-refractivity contribution in [2.45, 2.75) is 5.92 Å². The third kappa shape index (κ3) is 3.71. The highest BCUT2D eigenvalue weighted by molar-refractivity contribution is 7.10. The van der Waals surface area contributed by atoms with Crippen molar-refractivity contribution in [1.29, 1.82) is 5.26 Å². The number of Topliss-reactive ketones (excluding diaryl/α,β-unsaturated/α-hetero) is 1. The molecule has 4 nitrogen and oxygen atoms in total. The number of thiazole rings is 1. The number of methoxy groups -OCH3 is 1. The Morgan fingerprint density at radius 2 is 1.88 bits per heavy atom. The molecule has 0 bridgehead atoms. The van der Waals surface area contributed by atoms with Crippen LogP contribution >= 0.6 is 22.9 Å². The van der Waals surface area contributed by atoms with Gasteiger partial charge in [-0.3, -0.25) is 4.79 Å². The number of rotatable bonds is 5. The molecule has 0 radical (unpaired) electrons. The van der Waals surface area contributed by atoms with Crippen LogP contribution in [-0.4, -0.2) is 17.9 Å². The molecule has 0 aliphatic carbocycles. The van der Waals surface area contributed by atoms with Crippen LogP contribution < -0.4 is 4.74 Å². The van der Waals surface area contributed by atoms with E-state index in [1.165, 1.54) is 11.3 Å². The Labute approximate surface area is 154 Å². The van der Waals surface area contributed by atoms with Crippen molar-refractivity contribution < 1.29 is 9.53 Å². The van der Waals surface area contributed by atoms with E-state index in [2.05, 4.69) is 11.1 Å². The van der Waals surface area contributed by atoms with E-state index < -0.39 is 5.92 Å². The normalized spacial score (nSPS) is 11.6. The highest BCUT2D eigenvalue weighted by Crippen LogP contribution is 2.29. The summed E-state index contributed by atoms with van der Waals surface area (Å²) in [5.74, 6) is -0.550. The Hall–Kier alpha value is -2.68. The van der Waals surface area contributed by atoms with Crippen LogP contribution in [0.3, 0.4) is 0 Å². The molecule has 2 aromatic carbocycles. The van der Waals surface area contributed by atoms with Crippen LogP contribution in [-0.2, 0) is 0 Å². The van der Waals surface area contributed by atoms with Crippen molar-refractivity contribution in [3.63, 3.8) is 0 Å². The first-order chi connectivity index (χ1) is 12.1. The van der Waals surface area contributed by atoms with Gasteiger partial charge < -0.3 is 4.74 Å². The standard InChI is InChI=1S/C19H13ClN2O2S/c1-24-15-8-4-13(5-9-15)18(23)16(10-21)19-22-17(11-25-19)12-2-6-14(20)7-3-12/h2-9,11,16H,1H3. The van der Waals surface area contributed by atoms with Crippen molar-refractivity contribution in [2.24, 2.45) is 0 Å². The zero-order valence-corrected chi connectivity index (χ0v) is 14.8. The van der Waals surface area contributed by atoms with E-state index in [0.717, 1.165) is 11.3 Å². The van der Waals surface area contributed by atoms with Crippen LogP contribution in [0.5, 0.6) is 5.75 Å². The number of halogens is 1. The van der Waals surface area contributed by atoms with Gasteiger partial charge in [-0.25, -0.2) is 4.98 Å². The Bertz CT molecular complexity index is 927. The quantitative estimate of drug-likeness (QED) is 0.597. The fourth-order valence-corrected chi connectivity index (χ4v) is 3.32. The number of benzene rings is 2. The number of ketones is 1. The van der Waals surface area contributed by atoms with Crippen LogP contribution in [0.25, 0.3) is 11.3 Å². The van der Waals surface area contributed by atoms with Gasteiger partial charge in [-0.05, 0) is 36.4 Å². The van der Waals surface area contributed by atoms with Crippen LogP contribution in [0, 0.1) is 11.3 Å². The summed E-state index contributed by atoms with van der Waals surface area (Å²) < 4.78 is 5.09. The van der Waals surface area contributed by atoms with Crippen molar-refractivity contribution in [3.8, 4) is 23.1 Å². The first-order valence-electron chi connectivity index (χ1n) is 7.41. The summed E-state index contributed by atoms with van der Waals surface area (Å²) in [6.07, 6.45) is 0. The lowest BCUT2D eigenvalue weighted by molar-refractivity contribution is 0.0979. The van der Waals surface area contributed by atoms with Gasteiger partial charge in [0.15, 0.2) is 11.7 Å². The molecule has 124 valence electrons. The molecule has 0 fully saturated rings. The van der Waals surface area contributed by atoms with Gasteiger partial charge in [0, 0.05) is 21.5 Å². The van der Waals surface area contributed by atoms with E-state index in [1.807, 2.05) is 17.5 Å². The van der Waals surface area contributed by atoms with E-state index in [4.69, 9.17) is 16.3 Å². The van der Waals surface area contributed by atoms with Gasteiger partial charge in [-0.2, -0.15) is 5.26 Å². The molecule has 1 unspecified atom stereocenters. The Balaban J connectivity index is 1.87. The summed E-state index contributed by atoms with van der Waals surface area (Å²) in [6.45, 7) is 0. The first kappa shape index (κ1) is 17.2. The molecule has 0 saturated carbocycles. The second kappa shape index (κ2) is 7.47. The van der Waals surface area contributed by atoms with E-state index >= 15 is 0 Å². The van der Waals surface area contributed by atoms with Gasteiger partial charge in [0.05, 0.1) is 18.9 Å². The predicted molar refractivity (Wildman–Crippen MR) is 98.2 cm³/mol. The van der Waals surface area contributed by atoms with Gasteiger partial charge in [-0.15, -0.1) is 11.3 Å². The lowest BCUT2D eigenvalue weighted by atomic mass is 9.99. The summed E-state index contributed by atoms with van der Waals surface area (Å²) >= 11 is 7.19. The van der Waals surface area contributed by atoms with Crippen LogP contribution in [0.15, 0.2) is 53.9 Å². The molecule has 0 aliphatic heterocycles. The molecule has 1 heterocycles. The lowest BCUT2D eigenvalue weighted by Gasteiger charge is -2.06. The molecule has 0 spiro atoms. The first-order valence-corrected chi connectivity index (χ1v) is 8.67. The van der Waals surface area contributed by atoms with E-state index in [9.17, 15) is 10.1 Å². The second-order valence-corrected chi connectivity index (χ2v) is 6.56. The maximum absolute atomic E-state index is 12.7. The minimum atomic E-state index is -0.931. The van der Waals surface area contributed by atoms with Gasteiger partial charge in [0.1, 0.15) is 10.8 Å². The molecule has 1 aromatic heterocycles. The number of aromatic nitrogens is 1. The fourth-order valence-electron chi connectivity index (χ4n) is 2.32. The Kier molecular flexibility index (Phi) is 5.13. The smallest absolute Gasteiger partial charge is 0.186 e. The second-order valence-electron chi connectivity index (χ2n) is 5.23. The predicted octanol–water partition coefficient (Wildman–Crippen LogP) is 4.96. The van der Waals surface area contributed by atoms with Gasteiger partial charge >= 0.3 is 0 Å². The van der Waals surface area contributed by atoms with Gasteiger partial charge in [0.2, 0.25) is 0 Å². The number of carbonyl (C=O) groups excluding carboxylic acids is 1. The Morgan fingerprint density at radius 1 is 1.20 bits per heavy atom. The van der Waals surface area contributed by atoms with Crippen LogP contribution in [0.2, 0.25) is 5.02 Å². The van der Waals surface area contributed by atoms with Crippen molar-refractivity contribution >= 4 is 28.7 Å². The molecule has 0 aliphatic rings. The number of hydrogen-bond donors (Lipinski definition) is 0. The third-order valence-corrected chi connectivity index (χ3v) is 4.84. The summed E-state index contributed by atoms with van der Waals surface area (Å²) in [7, 11) is 1.56. The van der Waals surface area contributed by atoms with E-state index in [1.54, 1.807) is 43.5 Å². The van der Waals surface area contributed by atoms with Gasteiger partial charge in [0.25, 0.3) is 0 Å². The van der Waals surface area contributed by atoms with Crippen LogP contribution in [0.4, 0.5) is 0 Å². The molecule has 0 saturated heterocycles. The average molecular weight is 369 g/mol. The molecule has 25 heavy (non-hydrogen) atoms. The molecule has 0 N–H and O–H groups in total. The summed E-state index contributed by atoms with van der Waals surface area (Å²) in [5.41, 5.74) is 2.07. The molecule has 6 heteroatoms. The Morgan fingerprint density at radius 3 is 2.48 bits per heavy atom. The molecule has 3 rings (SSSR count). The number of ether oxygens (including phenoxy) is 1. The summed E-state index contributed by atoms with van der Waals surface area (Å²) in [4.78, 5) is 17.1. The fraction of sp³-hybridized carbons (Fsp3) is 0.105. The maximum atomic E-state index is 12.7. The van der Waals surface area contributed by atoms with Gasteiger partial charge in [-0.1, -0.05) is 23.7 Å². The summed E-state index contributed by atoms with van der Waals surface area (Å²) in [6, 6.07) is 16.0. The lowest BCUT2D eigenvalue weighted by Crippen LogP contribution is -2.11. The van der Waals surface area contributed by atoms with Crippen molar-refractivity contribution in [1.82, 2.24) is 4.98 Å². The van der Waals surface area contributed by atoms with E-state index in [-0.39, 0.29) is 5.78 Å². The SMILES string of the molecule is COc1ccc(C(=O)C(C#N)c2nc(-c3ccc(Cl)cc3)cs2)cc1. The number of hydrogen-bond acceptors (Lipinski definition) is 5. The molecular weight excluding hydrogens is 356 g/mol. The highest BCUT2D eigenvalue weighted by atomic mass is 35.5. The number of carbonyl (C=O) groups is 1. The third-order valence-electron chi connectivity index (χ3n) is 3.67. The highest BCUT2D eigenvalue weighted by Gasteiger charge is 2.25.